The molecule has 3 aromatic rings. The summed E-state index contributed by atoms with van der Waals surface area (Å²) in [6.07, 6.45) is 8.99. The Morgan fingerprint density at radius 3 is 2.81 bits per heavy atom. The Hall–Kier alpha value is -3.17. The molecule has 0 bridgehead atoms. The minimum Gasteiger partial charge on any atom is -0.397 e. The molecule has 2 heterocycles. The number of imidazole rings is 1. The van der Waals surface area contributed by atoms with E-state index in [2.05, 4.69) is 25.6 Å². The first kappa shape index (κ1) is 16.3. The Bertz CT molecular complexity index is 922. The van der Waals surface area contributed by atoms with Crippen LogP contribution in [0, 0.1) is 4.91 Å². The zero-order valence-corrected chi connectivity index (χ0v) is 13.9. The summed E-state index contributed by atoms with van der Waals surface area (Å²) in [4.78, 5) is 29.3. The summed E-state index contributed by atoms with van der Waals surface area (Å²) in [5.41, 5.74) is 11.3. The van der Waals surface area contributed by atoms with Crippen LogP contribution in [0.15, 0.2) is 48.3 Å². The monoisotopic (exact) mass is 351 g/mol. The van der Waals surface area contributed by atoms with E-state index in [0.29, 0.717) is 24.0 Å². The molecule has 0 saturated heterocycles. The largest absolute Gasteiger partial charge is 0.397 e. The highest BCUT2D eigenvalue weighted by Gasteiger charge is 2.21. The van der Waals surface area contributed by atoms with Crippen molar-refractivity contribution in [1.82, 2.24) is 25.0 Å². The quantitative estimate of drug-likeness (QED) is 0.381. The minimum atomic E-state index is 0.122. The van der Waals surface area contributed by atoms with Gasteiger partial charge in [-0.25, -0.2) is 15.0 Å². The molecule has 132 valence electrons. The number of nitrogens with zero attached hydrogens (tertiary/aromatic N) is 5. The van der Waals surface area contributed by atoms with Crippen molar-refractivity contribution in [3.05, 3.63) is 53.7 Å². The summed E-state index contributed by atoms with van der Waals surface area (Å²) < 4.78 is 1.80. The zero-order chi connectivity index (χ0) is 17.9. The van der Waals surface area contributed by atoms with Crippen molar-refractivity contribution in [3.63, 3.8) is 0 Å². The summed E-state index contributed by atoms with van der Waals surface area (Å²) in [5, 5.41) is 3.04. The molecule has 0 unspecified atom stereocenters. The van der Waals surface area contributed by atoms with Crippen LogP contribution >= 0.6 is 0 Å². The van der Waals surface area contributed by atoms with E-state index in [1.165, 1.54) is 0 Å². The highest BCUT2D eigenvalue weighted by atomic mass is 16.6. The van der Waals surface area contributed by atoms with E-state index in [9.17, 15) is 4.91 Å². The number of nitroso groups, excluding NO2 is 1. The van der Waals surface area contributed by atoms with E-state index in [0.717, 1.165) is 24.2 Å². The number of hydrogen-bond donors (Lipinski definition) is 2. The Morgan fingerprint density at radius 2 is 2.08 bits per heavy atom. The number of nitrogen functional groups attached to an aromatic ring is 1. The molecule has 9 heteroatoms. The second-order valence-corrected chi connectivity index (χ2v) is 6.05. The Morgan fingerprint density at radius 1 is 1.27 bits per heavy atom. The molecule has 0 spiro atoms. The van der Waals surface area contributed by atoms with Crippen LogP contribution in [-0.2, 0) is 11.4 Å². The number of nitrogens with two attached hydrogens (primary N) is 1. The van der Waals surface area contributed by atoms with Crippen LogP contribution in [-0.4, -0.2) is 25.6 Å². The maximum atomic E-state index is 11.2. The predicted molar refractivity (Wildman–Crippen MR) is 95.4 cm³/mol. The summed E-state index contributed by atoms with van der Waals surface area (Å²) in [6, 6.07) is 5.59. The summed E-state index contributed by atoms with van der Waals surface area (Å²) >= 11 is 0. The maximum Gasteiger partial charge on any atom is 0.161 e. The lowest BCUT2D eigenvalue weighted by Crippen LogP contribution is -2.16. The number of hydrogen-bond acceptors (Lipinski definition) is 8. The molecule has 0 atom stereocenters. The fourth-order valence-electron chi connectivity index (χ4n) is 2.51. The van der Waals surface area contributed by atoms with E-state index < -0.39 is 0 Å². The van der Waals surface area contributed by atoms with Gasteiger partial charge < -0.3 is 10.3 Å². The second kappa shape index (κ2) is 6.98. The first-order chi connectivity index (χ1) is 12.7. The second-order valence-electron chi connectivity index (χ2n) is 6.05. The van der Waals surface area contributed by atoms with Crippen molar-refractivity contribution in [2.24, 2.45) is 5.18 Å². The van der Waals surface area contributed by atoms with Gasteiger partial charge in [0.1, 0.15) is 12.3 Å². The molecular formula is C17H17N7O2. The molecule has 26 heavy (non-hydrogen) atoms. The molecule has 1 fully saturated rings. The summed E-state index contributed by atoms with van der Waals surface area (Å²) in [7, 11) is 0. The van der Waals surface area contributed by atoms with Crippen LogP contribution in [0.4, 0.5) is 11.4 Å². The highest BCUT2D eigenvalue weighted by molar-refractivity contribution is 5.83. The fourth-order valence-corrected chi connectivity index (χ4v) is 2.51. The lowest BCUT2D eigenvalue weighted by molar-refractivity contribution is 0.0216. The fraction of sp³-hybridized carbons (Fsp3) is 0.235. The van der Waals surface area contributed by atoms with Crippen molar-refractivity contribution >= 4 is 11.4 Å². The topological polar surface area (TPSA) is 120 Å². The van der Waals surface area contributed by atoms with Crippen molar-refractivity contribution in [2.45, 2.75) is 25.5 Å². The molecule has 1 aliphatic carbocycles. The Balaban J connectivity index is 1.63. The molecule has 9 nitrogen and oxygen atoms in total. The summed E-state index contributed by atoms with van der Waals surface area (Å²) in [6.45, 7) is 0.363. The van der Waals surface area contributed by atoms with Crippen LogP contribution in [0.2, 0.25) is 0 Å². The van der Waals surface area contributed by atoms with Gasteiger partial charge in [0.2, 0.25) is 0 Å². The number of benzene rings is 1. The van der Waals surface area contributed by atoms with Crippen LogP contribution in [0.1, 0.15) is 18.5 Å². The van der Waals surface area contributed by atoms with E-state index in [1.54, 1.807) is 41.5 Å². The molecule has 0 aliphatic heterocycles. The van der Waals surface area contributed by atoms with Gasteiger partial charge in [0.25, 0.3) is 0 Å². The molecule has 1 aliphatic rings. The van der Waals surface area contributed by atoms with Gasteiger partial charge in [-0.2, -0.15) is 5.48 Å². The van der Waals surface area contributed by atoms with Crippen molar-refractivity contribution in [1.29, 1.82) is 0 Å². The van der Waals surface area contributed by atoms with Crippen molar-refractivity contribution < 1.29 is 4.84 Å². The SMILES string of the molecule is Nc1cc(-n2cnc(CONC3CC3)c2)cc(-c2ncccn2)c1N=O. The average Bonchev–Trinajstić information content (AvgIpc) is 3.37. The lowest BCUT2D eigenvalue weighted by atomic mass is 10.1. The third-order valence-corrected chi connectivity index (χ3v) is 4.00. The van der Waals surface area contributed by atoms with Gasteiger partial charge in [-0.3, -0.25) is 4.84 Å². The first-order valence-corrected chi connectivity index (χ1v) is 8.19. The van der Waals surface area contributed by atoms with Crippen LogP contribution in [0.25, 0.3) is 17.1 Å². The third-order valence-electron chi connectivity index (χ3n) is 4.00. The van der Waals surface area contributed by atoms with Gasteiger partial charge in [-0.15, -0.1) is 4.91 Å². The van der Waals surface area contributed by atoms with Crippen molar-refractivity contribution in [3.8, 4) is 17.1 Å². The third kappa shape index (κ3) is 3.44. The number of nitrogens with one attached hydrogen (secondary N) is 1. The van der Waals surface area contributed by atoms with Crippen molar-refractivity contribution in [2.75, 3.05) is 5.73 Å². The molecule has 2 aromatic heterocycles. The van der Waals surface area contributed by atoms with E-state index >= 15 is 0 Å². The van der Waals surface area contributed by atoms with Crippen LogP contribution < -0.4 is 11.2 Å². The van der Waals surface area contributed by atoms with E-state index in [1.807, 2.05) is 6.20 Å². The Kier molecular flexibility index (Phi) is 4.38. The number of hydroxylamine groups is 1. The molecule has 3 N–H and O–H groups in total. The number of aromatic nitrogens is 4. The molecule has 4 rings (SSSR count). The van der Waals surface area contributed by atoms with Crippen LogP contribution in [0.5, 0.6) is 0 Å². The average molecular weight is 351 g/mol. The minimum absolute atomic E-state index is 0.122. The lowest BCUT2D eigenvalue weighted by Gasteiger charge is -2.09. The van der Waals surface area contributed by atoms with Crippen LogP contribution in [0.3, 0.4) is 0 Å². The van der Waals surface area contributed by atoms with E-state index in [4.69, 9.17) is 10.6 Å². The van der Waals surface area contributed by atoms with E-state index in [-0.39, 0.29) is 11.4 Å². The van der Waals surface area contributed by atoms with Gasteiger partial charge >= 0.3 is 0 Å². The molecule has 1 saturated carbocycles. The molecular weight excluding hydrogens is 334 g/mol. The molecule has 1 aromatic carbocycles. The van der Waals surface area contributed by atoms with Gasteiger partial charge in [-0.05, 0) is 36.2 Å². The predicted octanol–water partition coefficient (Wildman–Crippen LogP) is 2.49. The zero-order valence-electron chi connectivity index (χ0n) is 13.9. The van der Waals surface area contributed by atoms with Gasteiger partial charge in [0.05, 0.1) is 23.3 Å². The maximum absolute atomic E-state index is 11.2. The summed E-state index contributed by atoms with van der Waals surface area (Å²) in [5.74, 6) is 0.382. The highest BCUT2D eigenvalue weighted by Crippen LogP contribution is 2.35. The standard InChI is InChI=1S/C17H17N7O2/c18-15-7-13(6-14(16(15)22-25)17-19-4-1-5-20-17)24-8-12(21-10-24)9-26-23-11-2-3-11/h1,4-8,10-11,23H,2-3,9,18H2. The molecule has 0 amide bonds. The number of rotatable bonds is 7. The Labute approximate surface area is 149 Å². The smallest absolute Gasteiger partial charge is 0.161 e. The number of anilines is 1. The van der Waals surface area contributed by atoms with Gasteiger partial charge in [-0.1, -0.05) is 0 Å². The van der Waals surface area contributed by atoms with Gasteiger partial charge in [0, 0.05) is 30.3 Å². The molecule has 0 radical (unpaired) electrons. The van der Waals surface area contributed by atoms with Gasteiger partial charge in [0.15, 0.2) is 5.82 Å². The normalized spacial score (nSPS) is 13.7. The first-order valence-electron chi connectivity index (χ1n) is 8.19.